The number of allylic oxidation sites excluding steroid dienone is 1. The average Bonchev–Trinajstić information content (AvgIpc) is 2.36. The molecule has 0 fully saturated rings. The molecular weight excluding hydrogens is 251 g/mol. The highest BCUT2D eigenvalue weighted by Gasteiger charge is 2.11. The molecule has 0 bridgehead atoms. The van der Waals surface area contributed by atoms with E-state index in [1.165, 1.54) is 12.1 Å². The molecule has 0 heterocycles. The van der Waals surface area contributed by atoms with Gasteiger partial charge in [0.1, 0.15) is 12.4 Å². The zero-order valence-electron chi connectivity index (χ0n) is 10.0. The van der Waals surface area contributed by atoms with Crippen LogP contribution in [0.15, 0.2) is 29.8 Å². The Balaban J connectivity index is 2.86. The first-order valence-corrected chi connectivity index (χ1v) is 5.19. The second kappa shape index (κ2) is 6.29. The van der Waals surface area contributed by atoms with Gasteiger partial charge in [0.05, 0.1) is 0 Å². The molecule has 5 N–H and O–H groups in total. The molecule has 0 aliphatic rings. The predicted octanol–water partition coefficient (Wildman–Crippen LogP) is 1.40. The number of carbonyl (C=O) groups excluding carboxylic acids is 1. The summed E-state index contributed by atoms with van der Waals surface area (Å²) in [4.78, 5) is 14.2. The van der Waals surface area contributed by atoms with Gasteiger partial charge in [0.25, 0.3) is 0 Å². The lowest BCUT2D eigenvalue weighted by molar-refractivity contribution is 0.149. The van der Waals surface area contributed by atoms with Gasteiger partial charge in [0.15, 0.2) is 5.96 Å². The van der Waals surface area contributed by atoms with Crippen LogP contribution in [0.25, 0.3) is 5.57 Å². The van der Waals surface area contributed by atoms with Crippen LogP contribution in [-0.4, -0.2) is 18.3 Å². The van der Waals surface area contributed by atoms with E-state index >= 15 is 0 Å². The number of ether oxygens (including phenoxy) is 1. The maximum absolute atomic E-state index is 14.0. The van der Waals surface area contributed by atoms with Gasteiger partial charge in [-0.1, -0.05) is 24.8 Å². The number of halogens is 1. The number of rotatable bonds is 4. The summed E-state index contributed by atoms with van der Waals surface area (Å²) in [5.41, 5.74) is 10.5. The summed E-state index contributed by atoms with van der Waals surface area (Å²) in [6, 6.07) is 4.49. The molecular formula is C12H13FN4O2. The Bertz CT molecular complexity index is 551. The van der Waals surface area contributed by atoms with Gasteiger partial charge in [-0.15, -0.1) is 4.99 Å². The van der Waals surface area contributed by atoms with E-state index in [9.17, 15) is 9.18 Å². The van der Waals surface area contributed by atoms with E-state index in [2.05, 4.69) is 16.3 Å². The summed E-state index contributed by atoms with van der Waals surface area (Å²) >= 11 is 0. The zero-order chi connectivity index (χ0) is 14.4. The fraction of sp³-hybridized carbons (Fsp3) is 0.0833. The molecule has 0 atom stereocenters. The Kier molecular flexibility index (Phi) is 4.76. The molecule has 0 unspecified atom stereocenters. The molecule has 1 aromatic rings. The van der Waals surface area contributed by atoms with Gasteiger partial charge in [-0.05, 0) is 5.57 Å². The van der Waals surface area contributed by atoms with Crippen molar-refractivity contribution in [2.24, 2.45) is 16.5 Å². The van der Waals surface area contributed by atoms with Crippen molar-refractivity contribution in [3.63, 3.8) is 0 Å². The zero-order valence-corrected chi connectivity index (χ0v) is 10.0. The lowest BCUT2D eigenvalue weighted by Crippen LogP contribution is -2.24. The van der Waals surface area contributed by atoms with Crippen LogP contribution >= 0.6 is 0 Å². The molecule has 1 amide bonds. The number of nitrogens with one attached hydrogen (secondary N) is 1. The van der Waals surface area contributed by atoms with Crippen molar-refractivity contribution in [3.8, 4) is 0 Å². The SMILES string of the molecule is C=C(C=N)c1cccc(COC(=O)N=C(N)N)c1F. The molecule has 100 valence electrons. The minimum Gasteiger partial charge on any atom is -0.443 e. The van der Waals surface area contributed by atoms with E-state index < -0.39 is 17.9 Å². The van der Waals surface area contributed by atoms with E-state index in [1.54, 1.807) is 6.07 Å². The fourth-order valence-corrected chi connectivity index (χ4v) is 1.29. The third-order valence-corrected chi connectivity index (χ3v) is 2.17. The molecule has 0 aromatic heterocycles. The van der Waals surface area contributed by atoms with Crippen LogP contribution in [0.2, 0.25) is 0 Å². The van der Waals surface area contributed by atoms with Crippen LogP contribution < -0.4 is 11.5 Å². The Morgan fingerprint density at radius 3 is 2.79 bits per heavy atom. The van der Waals surface area contributed by atoms with E-state index in [1.807, 2.05) is 0 Å². The summed E-state index contributed by atoms with van der Waals surface area (Å²) in [6.07, 6.45) is -0.0659. The molecule has 1 rings (SSSR count). The van der Waals surface area contributed by atoms with Gasteiger partial charge in [-0.3, -0.25) is 0 Å². The van der Waals surface area contributed by atoms with Crippen molar-refractivity contribution in [3.05, 3.63) is 41.7 Å². The molecule has 0 saturated carbocycles. The lowest BCUT2D eigenvalue weighted by Gasteiger charge is -2.07. The van der Waals surface area contributed by atoms with Crippen LogP contribution in [0.5, 0.6) is 0 Å². The van der Waals surface area contributed by atoms with Crippen LogP contribution in [0, 0.1) is 11.2 Å². The van der Waals surface area contributed by atoms with Crippen molar-refractivity contribution >= 4 is 23.8 Å². The van der Waals surface area contributed by atoms with Gasteiger partial charge in [0.2, 0.25) is 0 Å². The monoisotopic (exact) mass is 264 g/mol. The first kappa shape index (κ1) is 14.4. The molecule has 0 saturated heterocycles. The van der Waals surface area contributed by atoms with E-state index in [4.69, 9.17) is 16.9 Å². The second-order valence-electron chi connectivity index (χ2n) is 3.54. The fourth-order valence-electron chi connectivity index (χ4n) is 1.29. The van der Waals surface area contributed by atoms with Gasteiger partial charge in [0, 0.05) is 17.3 Å². The first-order valence-electron chi connectivity index (χ1n) is 5.19. The third kappa shape index (κ3) is 3.91. The van der Waals surface area contributed by atoms with Gasteiger partial charge in [-0.25, -0.2) is 9.18 Å². The summed E-state index contributed by atoms with van der Waals surface area (Å²) < 4.78 is 18.7. The number of hydrogen-bond donors (Lipinski definition) is 3. The molecule has 0 aliphatic heterocycles. The van der Waals surface area contributed by atoms with Crippen molar-refractivity contribution in [1.82, 2.24) is 0 Å². The molecule has 7 heteroatoms. The standard InChI is InChI=1S/C12H13FN4O2/c1-7(5-14)9-4-2-3-8(10(9)13)6-19-12(18)17-11(15)16/h2-5,14H,1,6H2,(H4,15,16,17,18). The van der Waals surface area contributed by atoms with Crippen molar-refractivity contribution in [2.45, 2.75) is 6.61 Å². The lowest BCUT2D eigenvalue weighted by atomic mass is 10.0. The van der Waals surface area contributed by atoms with E-state index in [0.29, 0.717) is 0 Å². The molecule has 0 aliphatic carbocycles. The Hall–Kier alpha value is -2.70. The number of hydrogen-bond acceptors (Lipinski definition) is 3. The van der Waals surface area contributed by atoms with Crippen LogP contribution in [-0.2, 0) is 11.3 Å². The number of guanidine groups is 1. The topological polar surface area (TPSA) is 115 Å². The highest BCUT2D eigenvalue weighted by Crippen LogP contribution is 2.19. The molecule has 0 spiro atoms. The normalized spacial score (nSPS) is 9.53. The van der Waals surface area contributed by atoms with Gasteiger partial charge >= 0.3 is 6.09 Å². The Morgan fingerprint density at radius 1 is 1.53 bits per heavy atom. The summed E-state index contributed by atoms with van der Waals surface area (Å²) in [5, 5.41) is 7.04. The molecule has 19 heavy (non-hydrogen) atoms. The summed E-state index contributed by atoms with van der Waals surface area (Å²) in [6.45, 7) is 3.22. The Morgan fingerprint density at radius 2 is 2.21 bits per heavy atom. The minimum atomic E-state index is -1.00. The number of nitrogens with zero attached hydrogens (tertiary/aromatic N) is 1. The van der Waals surface area contributed by atoms with E-state index in [0.717, 1.165) is 6.21 Å². The Labute approximate surface area is 109 Å². The highest BCUT2D eigenvalue weighted by atomic mass is 19.1. The smallest absolute Gasteiger partial charge is 0.437 e. The van der Waals surface area contributed by atoms with Gasteiger partial charge < -0.3 is 21.6 Å². The summed E-state index contributed by atoms with van der Waals surface area (Å²) in [5.74, 6) is -1.04. The van der Waals surface area contributed by atoms with Crippen LogP contribution in [0.3, 0.4) is 0 Å². The number of aliphatic imine (C=N–C) groups is 1. The number of amides is 1. The highest BCUT2D eigenvalue weighted by molar-refractivity contribution is 6.07. The van der Waals surface area contributed by atoms with Crippen molar-refractivity contribution in [2.75, 3.05) is 0 Å². The molecule has 6 nitrogen and oxygen atoms in total. The number of benzene rings is 1. The maximum Gasteiger partial charge on any atom is 0.437 e. The molecule has 1 aromatic carbocycles. The minimum absolute atomic E-state index is 0.139. The van der Waals surface area contributed by atoms with Crippen LogP contribution in [0.1, 0.15) is 11.1 Å². The number of carbonyl (C=O) groups is 1. The van der Waals surface area contributed by atoms with Crippen LogP contribution in [0.4, 0.5) is 9.18 Å². The average molecular weight is 264 g/mol. The van der Waals surface area contributed by atoms with Crippen molar-refractivity contribution < 1.29 is 13.9 Å². The first-order chi connectivity index (χ1) is 8.95. The van der Waals surface area contributed by atoms with Gasteiger partial charge in [-0.2, -0.15) is 0 Å². The quantitative estimate of drug-likeness (QED) is 0.563. The number of nitrogens with two attached hydrogens (primary N) is 2. The largest absolute Gasteiger partial charge is 0.443 e. The maximum atomic E-state index is 14.0. The molecule has 0 radical (unpaired) electrons. The third-order valence-electron chi connectivity index (χ3n) is 2.17. The van der Waals surface area contributed by atoms with E-state index in [-0.39, 0.29) is 23.3 Å². The second-order valence-corrected chi connectivity index (χ2v) is 3.54. The van der Waals surface area contributed by atoms with Crippen molar-refractivity contribution in [1.29, 1.82) is 5.41 Å². The predicted molar refractivity (Wildman–Crippen MR) is 70.2 cm³/mol. The summed E-state index contributed by atoms with van der Waals surface area (Å²) in [7, 11) is 0.